The number of hydrogen-bond donors (Lipinski definition) is 2. The highest BCUT2D eigenvalue weighted by Gasteiger charge is 2.33. The van der Waals surface area contributed by atoms with Crippen LogP contribution in [0.5, 0.6) is 0 Å². The number of carbonyl (C=O) groups is 1. The summed E-state index contributed by atoms with van der Waals surface area (Å²) in [7, 11) is 0. The third-order valence-corrected chi connectivity index (χ3v) is 2.70. The lowest BCUT2D eigenvalue weighted by Crippen LogP contribution is -2.41. The Morgan fingerprint density at radius 1 is 1.69 bits per heavy atom. The molecule has 3 N–H and O–H groups in total. The minimum atomic E-state index is -0.825. The molecule has 1 saturated heterocycles. The van der Waals surface area contributed by atoms with Crippen LogP contribution in [-0.4, -0.2) is 34.7 Å². The predicted octanol–water partition coefficient (Wildman–Crippen LogP) is 1.26. The quantitative estimate of drug-likeness (QED) is 0.697. The fourth-order valence-corrected chi connectivity index (χ4v) is 1.90. The molecule has 1 heterocycles. The molecule has 4 nitrogen and oxygen atoms in total. The fourth-order valence-electron chi connectivity index (χ4n) is 1.90. The summed E-state index contributed by atoms with van der Waals surface area (Å²) in [5.74, 6) is 0. The molecule has 1 unspecified atom stereocenters. The van der Waals surface area contributed by atoms with E-state index in [0.717, 1.165) is 25.7 Å². The van der Waals surface area contributed by atoms with E-state index in [1.165, 1.54) is 4.90 Å². The van der Waals surface area contributed by atoms with E-state index in [1.54, 1.807) is 0 Å². The first kappa shape index (κ1) is 10.3. The van der Waals surface area contributed by atoms with Gasteiger partial charge in [0.2, 0.25) is 0 Å². The van der Waals surface area contributed by atoms with Gasteiger partial charge in [0.1, 0.15) is 0 Å². The second-order valence-electron chi connectivity index (χ2n) is 3.64. The standard InChI is InChI=1S/C9H18N2O2/c1-2-3-4-8-7(10)5-6-11(8)9(12)13/h7-8H,2-6,10H2,1H3,(H,12,13)/t7-,8?/m1/s1. The normalized spacial score (nSPS) is 28.0. The summed E-state index contributed by atoms with van der Waals surface area (Å²) in [6.07, 6.45) is 3.04. The zero-order valence-corrected chi connectivity index (χ0v) is 8.07. The third-order valence-electron chi connectivity index (χ3n) is 2.70. The van der Waals surface area contributed by atoms with Crippen molar-refractivity contribution in [2.24, 2.45) is 5.73 Å². The SMILES string of the molecule is CCCCC1[C@H](N)CCN1C(=O)O. The molecule has 0 radical (unpaired) electrons. The number of amides is 1. The number of unbranched alkanes of at least 4 members (excludes halogenated alkanes) is 1. The number of carboxylic acid groups (broad SMARTS) is 1. The second kappa shape index (κ2) is 4.46. The monoisotopic (exact) mass is 186 g/mol. The molecular formula is C9H18N2O2. The van der Waals surface area contributed by atoms with Crippen LogP contribution >= 0.6 is 0 Å². The molecule has 4 heteroatoms. The Hall–Kier alpha value is -0.770. The molecule has 13 heavy (non-hydrogen) atoms. The average molecular weight is 186 g/mol. The number of rotatable bonds is 3. The summed E-state index contributed by atoms with van der Waals surface area (Å²) in [6, 6.07) is 0.0973. The number of hydrogen-bond acceptors (Lipinski definition) is 2. The van der Waals surface area contributed by atoms with Crippen LogP contribution in [0.4, 0.5) is 4.79 Å². The van der Waals surface area contributed by atoms with Crippen LogP contribution in [-0.2, 0) is 0 Å². The van der Waals surface area contributed by atoms with Crippen molar-refractivity contribution in [2.75, 3.05) is 6.54 Å². The van der Waals surface area contributed by atoms with Gasteiger partial charge >= 0.3 is 6.09 Å². The molecule has 76 valence electrons. The summed E-state index contributed by atoms with van der Waals surface area (Å²) in [5, 5.41) is 8.87. The topological polar surface area (TPSA) is 66.6 Å². The van der Waals surface area contributed by atoms with Crippen LogP contribution in [0.2, 0.25) is 0 Å². The van der Waals surface area contributed by atoms with Gasteiger partial charge in [-0.25, -0.2) is 4.79 Å². The Morgan fingerprint density at radius 2 is 2.38 bits per heavy atom. The first-order chi connectivity index (χ1) is 6.16. The minimum absolute atomic E-state index is 0.0441. The van der Waals surface area contributed by atoms with Crippen molar-refractivity contribution in [2.45, 2.75) is 44.7 Å². The van der Waals surface area contributed by atoms with E-state index in [1.807, 2.05) is 0 Å². The average Bonchev–Trinajstić information content (AvgIpc) is 2.43. The van der Waals surface area contributed by atoms with Crippen LogP contribution in [0, 0.1) is 0 Å². The van der Waals surface area contributed by atoms with Gasteiger partial charge in [-0.15, -0.1) is 0 Å². The summed E-state index contributed by atoms with van der Waals surface area (Å²) in [4.78, 5) is 12.3. The van der Waals surface area contributed by atoms with Crippen molar-refractivity contribution in [3.8, 4) is 0 Å². The molecule has 0 aromatic heterocycles. The maximum atomic E-state index is 10.8. The van der Waals surface area contributed by atoms with Gasteiger partial charge in [-0.3, -0.25) is 0 Å². The molecule has 2 atom stereocenters. The van der Waals surface area contributed by atoms with Gasteiger partial charge in [-0.2, -0.15) is 0 Å². The van der Waals surface area contributed by atoms with E-state index in [9.17, 15) is 4.79 Å². The van der Waals surface area contributed by atoms with Gasteiger partial charge in [0.05, 0.1) is 6.04 Å². The Bertz CT molecular complexity index is 184. The predicted molar refractivity (Wildman–Crippen MR) is 50.6 cm³/mol. The van der Waals surface area contributed by atoms with Crippen LogP contribution in [0.25, 0.3) is 0 Å². The van der Waals surface area contributed by atoms with E-state index < -0.39 is 6.09 Å². The summed E-state index contributed by atoms with van der Waals surface area (Å²) >= 11 is 0. The minimum Gasteiger partial charge on any atom is -0.465 e. The Balaban J connectivity index is 2.50. The van der Waals surface area contributed by atoms with Crippen molar-refractivity contribution >= 4 is 6.09 Å². The van der Waals surface area contributed by atoms with Gasteiger partial charge in [-0.05, 0) is 12.8 Å². The van der Waals surface area contributed by atoms with Gasteiger partial charge in [0.25, 0.3) is 0 Å². The molecule has 1 rings (SSSR count). The summed E-state index contributed by atoms with van der Waals surface area (Å²) in [6.45, 7) is 2.70. The Morgan fingerprint density at radius 3 is 2.92 bits per heavy atom. The number of nitrogens with two attached hydrogens (primary N) is 1. The largest absolute Gasteiger partial charge is 0.465 e. The molecule has 1 aliphatic heterocycles. The maximum absolute atomic E-state index is 10.8. The molecule has 0 aromatic rings. The van der Waals surface area contributed by atoms with Crippen LogP contribution in [0.15, 0.2) is 0 Å². The molecule has 0 aromatic carbocycles. The van der Waals surface area contributed by atoms with E-state index in [4.69, 9.17) is 10.8 Å². The van der Waals surface area contributed by atoms with Crippen LogP contribution in [0.1, 0.15) is 32.6 Å². The lowest BCUT2D eigenvalue weighted by Gasteiger charge is -2.23. The second-order valence-corrected chi connectivity index (χ2v) is 3.64. The number of nitrogens with zero attached hydrogens (tertiary/aromatic N) is 1. The van der Waals surface area contributed by atoms with Crippen LogP contribution < -0.4 is 5.73 Å². The first-order valence-electron chi connectivity index (χ1n) is 4.92. The lowest BCUT2D eigenvalue weighted by atomic mass is 10.0. The maximum Gasteiger partial charge on any atom is 0.407 e. The lowest BCUT2D eigenvalue weighted by molar-refractivity contribution is 0.135. The van der Waals surface area contributed by atoms with Crippen molar-refractivity contribution in [3.63, 3.8) is 0 Å². The molecule has 1 aliphatic rings. The molecule has 0 aliphatic carbocycles. The third kappa shape index (κ3) is 2.34. The van der Waals surface area contributed by atoms with Crippen molar-refractivity contribution in [3.05, 3.63) is 0 Å². The fraction of sp³-hybridized carbons (Fsp3) is 0.889. The van der Waals surface area contributed by atoms with E-state index >= 15 is 0 Å². The summed E-state index contributed by atoms with van der Waals surface area (Å²) in [5.41, 5.74) is 5.84. The highest BCUT2D eigenvalue weighted by Crippen LogP contribution is 2.21. The Labute approximate surface area is 78.7 Å². The molecule has 1 amide bonds. The van der Waals surface area contributed by atoms with Gasteiger partial charge in [-0.1, -0.05) is 19.8 Å². The van der Waals surface area contributed by atoms with Crippen LogP contribution in [0.3, 0.4) is 0 Å². The smallest absolute Gasteiger partial charge is 0.407 e. The van der Waals surface area contributed by atoms with Gasteiger partial charge in [0, 0.05) is 12.6 Å². The number of likely N-dealkylation sites (tertiary alicyclic amines) is 1. The zero-order valence-electron chi connectivity index (χ0n) is 8.07. The Kier molecular flexibility index (Phi) is 3.54. The van der Waals surface area contributed by atoms with E-state index in [0.29, 0.717) is 6.54 Å². The molecule has 0 saturated carbocycles. The zero-order chi connectivity index (χ0) is 9.84. The van der Waals surface area contributed by atoms with E-state index in [2.05, 4.69) is 6.92 Å². The molecular weight excluding hydrogens is 168 g/mol. The molecule has 1 fully saturated rings. The first-order valence-corrected chi connectivity index (χ1v) is 4.92. The van der Waals surface area contributed by atoms with E-state index in [-0.39, 0.29) is 12.1 Å². The van der Waals surface area contributed by atoms with Crippen molar-refractivity contribution in [1.82, 2.24) is 4.90 Å². The highest BCUT2D eigenvalue weighted by atomic mass is 16.4. The summed E-state index contributed by atoms with van der Waals surface area (Å²) < 4.78 is 0. The molecule has 0 spiro atoms. The van der Waals surface area contributed by atoms with Gasteiger partial charge in [0.15, 0.2) is 0 Å². The van der Waals surface area contributed by atoms with Gasteiger partial charge < -0.3 is 15.7 Å². The van der Waals surface area contributed by atoms with Crippen molar-refractivity contribution < 1.29 is 9.90 Å². The molecule has 0 bridgehead atoms. The van der Waals surface area contributed by atoms with Crippen molar-refractivity contribution in [1.29, 1.82) is 0 Å². The highest BCUT2D eigenvalue weighted by molar-refractivity contribution is 5.66.